The fourth-order valence-corrected chi connectivity index (χ4v) is 2.54. The van der Waals surface area contributed by atoms with E-state index in [2.05, 4.69) is 46.5 Å². The van der Waals surface area contributed by atoms with Crippen molar-refractivity contribution in [2.24, 2.45) is 0 Å². The number of aromatic nitrogens is 2. The fraction of sp³-hybridized carbons (Fsp3) is 0.222. The van der Waals surface area contributed by atoms with Crippen LogP contribution in [0.3, 0.4) is 0 Å². The summed E-state index contributed by atoms with van der Waals surface area (Å²) in [6.45, 7) is 4.98. The van der Waals surface area contributed by atoms with Crippen molar-refractivity contribution in [1.29, 1.82) is 0 Å². The van der Waals surface area contributed by atoms with Crippen LogP contribution in [0.5, 0.6) is 0 Å². The molecule has 0 bridgehead atoms. The minimum Gasteiger partial charge on any atom is -0.305 e. The van der Waals surface area contributed by atoms with Gasteiger partial charge in [-0.05, 0) is 43.7 Å². The van der Waals surface area contributed by atoms with Crippen LogP contribution in [0.15, 0.2) is 54.7 Å². The molecule has 3 rings (SSSR count). The fourth-order valence-electron chi connectivity index (χ4n) is 2.54. The molecular formula is C18H19N3. The van der Waals surface area contributed by atoms with Gasteiger partial charge in [0.05, 0.1) is 11.2 Å². The van der Waals surface area contributed by atoms with Crippen LogP contribution in [0.2, 0.25) is 0 Å². The molecule has 0 spiro atoms. The van der Waals surface area contributed by atoms with Gasteiger partial charge in [-0.2, -0.15) is 0 Å². The predicted octanol–water partition coefficient (Wildman–Crippen LogP) is 3.79. The second-order valence-corrected chi connectivity index (χ2v) is 5.30. The van der Waals surface area contributed by atoms with Crippen molar-refractivity contribution >= 4 is 10.9 Å². The molecule has 0 aliphatic carbocycles. The van der Waals surface area contributed by atoms with E-state index in [0.29, 0.717) is 0 Å². The first-order valence-corrected chi connectivity index (χ1v) is 7.23. The van der Waals surface area contributed by atoms with Gasteiger partial charge in [0, 0.05) is 29.9 Å². The molecule has 3 nitrogen and oxygen atoms in total. The molecule has 0 aliphatic rings. The molecule has 0 fully saturated rings. The highest BCUT2D eigenvalue weighted by molar-refractivity contribution is 5.82. The summed E-state index contributed by atoms with van der Waals surface area (Å²) in [4.78, 5) is 8.98. The summed E-state index contributed by atoms with van der Waals surface area (Å²) in [5, 5.41) is 4.76. The highest BCUT2D eigenvalue weighted by Crippen LogP contribution is 2.19. The van der Waals surface area contributed by atoms with Crippen LogP contribution in [0.1, 0.15) is 29.9 Å². The maximum Gasteiger partial charge on any atom is 0.0708 e. The second-order valence-electron chi connectivity index (χ2n) is 5.30. The van der Waals surface area contributed by atoms with Gasteiger partial charge in [0.15, 0.2) is 0 Å². The quantitative estimate of drug-likeness (QED) is 0.788. The van der Waals surface area contributed by atoms with Crippen LogP contribution in [0.4, 0.5) is 0 Å². The Morgan fingerprint density at radius 3 is 2.71 bits per heavy atom. The van der Waals surface area contributed by atoms with Gasteiger partial charge in [0.1, 0.15) is 0 Å². The van der Waals surface area contributed by atoms with Crippen molar-refractivity contribution in [3.63, 3.8) is 0 Å². The molecule has 0 saturated carbocycles. The van der Waals surface area contributed by atoms with Crippen LogP contribution < -0.4 is 5.32 Å². The third-order valence-corrected chi connectivity index (χ3v) is 3.66. The van der Waals surface area contributed by atoms with Gasteiger partial charge in [0.25, 0.3) is 0 Å². The number of hydrogen-bond acceptors (Lipinski definition) is 3. The van der Waals surface area contributed by atoms with Crippen LogP contribution >= 0.6 is 0 Å². The molecule has 0 amide bonds. The molecule has 2 heterocycles. The van der Waals surface area contributed by atoms with Crippen LogP contribution in [-0.2, 0) is 6.54 Å². The Kier molecular flexibility index (Phi) is 3.93. The normalized spacial score (nSPS) is 12.5. The van der Waals surface area contributed by atoms with Gasteiger partial charge in [-0.25, -0.2) is 0 Å². The van der Waals surface area contributed by atoms with Gasteiger partial charge in [0.2, 0.25) is 0 Å². The van der Waals surface area contributed by atoms with Gasteiger partial charge in [-0.15, -0.1) is 0 Å². The minimum absolute atomic E-state index is 0.221. The molecule has 0 aliphatic heterocycles. The second kappa shape index (κ2) is 6.02. The van der Waals surface area contributed by atoms with Crippen molar-refractivity contribution in [2.75, 3.05) is 0 Å². The monoisotopic (exact) mass is 277 g/mol. The molecule has 1 N–H and O–H groups in total. The molecule has 2 aromatic heterocycles. The number of rotatable bonds is 4. The van der Waals surface area contributed by atoms with Crippen LogP contribution in [0, 0.1) is 6.92 Å². The molecule has 1 unspecified atom stereocenters. The smallest absolute Gasteiger partial charge is 0.0708 e. The zero-order valence-electron chi connectivity index (χ0n) is 12.4. The first kappa shape index (κ1) is 13.7. The van der Waals surface area contributed by atoms with E-state index in [1.165, 1.54) is 10.9 Å². The Hall–Kier alpha value is -2.26. The third-order valence-electron chi connectivity index (χ3n) is 3.66. The van der Waals surface area contributed by atoms with Gasteiger partial charge in [-0.3, -0.25) is 9.97 Å². The SMILES string of the molecule is Cc1cc(CNC(C)c2ccccn2)c2ccccc2n1. The lowest BCUT2D eigenvalue weighted by atomic mass is 10.1. The molecule has 1 atom stereocenters. The first-order chi connectivity index (χ1) is 10.2. The summed E-state index contributed by atoms with van der Waals surface area (Å²) in [6, 6.07) is 16.7. The number of nitrogens with one attached hydrogen (secondary N) is 1. The highest BCUT2D eigenvalue weighted by atomic mass is 14.9. The number of pyridine rings is 2. The lowest BCUT2D eigenvalue weighted by molar-refractivity contribution is 0.563. The number of aryl methyl sites for hydroxylation is 1. The zero-order valence-corrected chi connectivity index (χ0v) is 12.4. The number of para-hydroxylation sites is 1. The minimum atomic E-state index is 0.221. The average Bonchev–Trinajstić information content (AvgIpc) is 2.53. The van der Waals surface area contributed by atoms with Gasteiger partial charge < -0.3 is 5.32 Å². The lowest BCUT2D eigenvalue weighted by Gasteiger charge is -2.14. The average molecular weight is 277 g/mol. The van der Waals surface area contributed by atoms with Crippen LogP contribution in [0.25, 0.3) is 10.9 Å². The number of benzene rings is 1. The molecule has 1 aromatic carbocycles. The highest BCUT2D eigenvalue weighted by Gasteiger charge is 2.08. The zero-order chi connectivity index (χ0) is 14.7. The standard InChI is InChI=1S/C18H19N3/c1-13-11-15(16-7-3-4-9-18(16)21-13)12-20-14(2)17-8-5-6-10-19-17/h3-11,14,20H,12H2,1-2H3. The first-order valence-electron chi connectivity index (χ1n) is 7.23. The predicted molar refractivity (Wildman–Crippen MR) is 86.0 cm³/mol. The summed E-state index contributed by atoms with van der Waals surface area (Å²) in [5.74, 6) is 0. The maximum absolute atomic E-state index is 4.58. The van der Waals surface area contributed by atoms with Crippen LogP contribution in [-0.4, -0.2) is 9.97 Å². The number of fused-ring (bicyclic) bond motifs is 1. The molecule has 3 aromatic rings. The number of nitrogens with zero attached hydrogens (tertiary/aromatic N) is 2. The van der Waals surface area contributed by atoms with E-state index in [1.54, 1.807) is 0 Å². The molecule has 0 radical (unpaired) electrons. The molecule has 3 heteroatoms. The van der Waals surface area contributed by atoms with E-state index < -0.39 is 0 Å². The topological polar surface area (TPSA) is 37.8 Å². The third kappa shape index (κ3) is 3.09. The summed E-state index contributed by atoms with van der Waals surface area (Å²) < 4.78 is 0. The van der Waals surface area contributed by atoms with Crippen molar-refractivity contribution in [3.8, 4) is 0 Å². The maximum atomic E-state index is 4.58. The van der Waals surface area contributed by atoms with E-state index in [1.807, 2.05) is 37.4 Å². The lowest BCUT2D eigenvalue weighted by Crippen LogP contribution is -2.19. The molecular weight excluding hydrogens is 258 g/mol. The van der Waals surface area contributed by atoms with E-state index in [0.717, 1.165) is 23.4 Å². The summed E-state index contributed by atoms with van der Waals surface area (Å²) in [7, 11) is 0. The van der Waals surface area contributed by atoms with Crippen molar-refractivity contribution < 1.29 is 0 Å². The van der Waals surface area contributed by atoms with E-state index >= 15 is 0 Å². The largest absolute Gasteiger partial charge is 0.305 e. The Bertz CT molecular complexity index is 738. The van der Waals surface area contributed by atoms with Gasteiger partial charge in [-0.1, -0.05) is 24.3 Å². The van der Waals surface area contributed by atoms with Crippen molar-refractivity contribution in [3.05, 3.63) is 71.7 Å². The summed E-state index contributed by atoms with van der Waals surface area (Å²) in [6.07, 6.45) is 1.83. The van der Waals surface area contributed by atoms with Crippen molar-refractivity contribution in [1.82, 2.24) is 15.3 Å². The van der Waals surface area contributed by atoms with Gasteiger partial charge >= 0.3 is 0 Å². The Morgan fingerprint density at radius 2 is 1.90 bits per heavy atom. The van der Waals surface area contributed by atoms with E-state index in [4.69, 9.17) is 0 Å². The number of hydrogen-bond donors (Lipinski definition) is 1. The van der Waals surface area contributed by atoms with Crippen molar-refractivity contribution in [2.45, 2.75) is 26.4 Å². The Balaban J connectivity index is 1.82. The summed E-state index contributed by atoms with van der Waals surface area (Å²) >= 11 is 0. The Morgan fingerprint density at radius 1 is 1.10 bits per heavy atom. The molecule has 0 saturated heterocycles. The van der Waals surface area contributed by atoms with E-state index in [9.17, 15) is 0 Å². The Labute approximate surface area is 125 Å². The van der Waals surface area contributed by atoms with E-state index in [-0.39, 0.29) is 6.04 Å². The molecule has 21 heavy (non-hydrogen) atoms. The summed E-state index contributed by atoms with van der Waals surface area (Å²) in [5.41, 5.74) is 4.45. The molecule has 106 valence electrons.